The first-order chi connectivity index (χ1) is 17.4. The van der Waals surface area contributed by atoms with Crippen molar-refractivity contribution in [3.8, 4) is 0 Å². The van der Waals surface area contributed by atoms with Gasteiger partial charge in [0.05, 0.1) is 23.2 Å². The predicted molar refractivity (Wildman–Crippen MR) is 141 cm³/mol. The lowest BCUT2D eigenvalue weighted by molar-refractivity contribution is -0.154. The average Bonchev–Trinajstić information content (AvgIpc) is 3.18. The van der Waals surface area contributed by atoms with Crippen LogP contribution in [0.5, 0.6) is 0 Å². The molecule has 0 aromatic carbocycles. The molecule has 1 N–H and O–H groups in total. The maximum atomic E-state index is 14.2. The van der Waals surface area contributed by atoms with Crippen molar-refractivity contribution in [1.29, 1.82) is 0 Å². The summed E-state index contributed by atoms with van der Waals surface area (Å²) < 4.78 is 4.31. The normalized spacial score (nSPS) is 35.2. The Kier molecular flexibility index (Phi) is 8.87. The van der Waals surface area contributed by atoms with Crippen LogP contribution in [0.4, 0.5) is 0 Å². The molecule has 1 unspecified atom stereocenters. The van der Waals surface area contributed by atoms with Crippen molar-refractivity contribution in [2.45, 2.75) is 87.2 Å². The second-order valence-electron chi connectivity index (χ2n) is 10.8. The third-order valence-electron chi connectivity index (χ3n) is 8.17. The van der Waals surface area contributed by atoms with E-state index in [0.717, 1.165) is 57.8 Å². The Hall–Kier alpha value is -1.80. The molecule has 36 heavy (non-hydrogen) atoms. The Morgan fingerprint density at radius 2 is 1.81 bits per heavy atom. The highest BCUT2D eigenvalue weighted by molar-refractivity contribution is 8.02. The van der Waals surface area contributed by atoms with Gasteiger partial charge in [0, 0.05) is 31.0 Å². The lowest BCUT2D eigenvalue weighted by Gasteiger charge is -2.37. The number of hydrogen-bond donors (Lipinski definition) is 1. The molecule has 200 valence electrons. The molecule has 1 spiro atoms. The molecule has 0 radical (unpaired) electrons. The van der Waals surface area contributed by atoms with Crippen LogP contribution in [0.25, 0.3) is 0 Å². The van der Waals surface area contributed by atoms with Gasteiger partial charge in [0.2, 0.25) is 11.8 Å². The zero-order valence-corrected chi connectivity index (χ0v) is 22.6. The first-order valence-electron chi connectivity index (χ1n) is 13.8. The van der Waals surface area contributed by atoms with Crippen LogP contribution in [-0.4, -0.2) is 81.1 Å². The molecule has 2 amide bonds. The number of ether oxygens (including phenoxy) is 1. The fourth-order valence-electron chi connectivity index (χ4n) is 6.38. The van der Waals surface area contributed by atoms with Crippen LogP contribution in [0, 0.1) is 11.8 Å². The molecular formula is C28H42N2O5S. The number of carbonyl (C=O) groups is 3. The minimum absolute atomic E-state index is 0.00294. The summed E-state index contributed by atoms with van der Waals surface area (Å²) in [5.74, 6) is -1.68. The first kappa shape index (κ1) is 27.2. The molecule has 2 fully saturated rings. The number of rotatable bonds is 9. The van der Waals surface area contributed by atoms with Gasteiger partial charge in [-0.25, -0.2) is 0 Å². The van der Waals surface area contributed by atoms with Crippen molar-refractivity contribution >= 4 is 29.5 Å². The molecule has 4 heterocycles. The molecule has 5 atom stereocenters. The highest BCUT2D eigenvalue weighted by Crippen LogP contribution is 2.65. The van der Waals surface area contributed by atoms with E-state index in [9.17, 15) is 14.4 Å². The van der Waals surface area contributed by atoms with Crippen LogP contribution in [0.1, 0.15) is 71.6 Å². The van der Waals surface area contributed by atoms with Gasteiger partial charge in [0.15, 0.2) is 0 Å². The largest absolute Gasteiger partial charge is 0.465 e. The number of thioether (sulfide) groups is 1. The van der Waals surface area contributed by atoms with Crippen molar-refractivity contribution < 1.29 is 24.2 Å². The van der Waals surface area contributed by atoms with Crippen molar-refractivity contribution in [2.24, 2.45) is 11.8 Å². The Balaban J connectivity index is 1.73. The van der Waals surface area contributed by atoms with Crippen molar-refractivity contribution in [2.75, 3.05) is 32.8 Å². The summed E-state index contributed by atoms with van der Waals surface area (Å²) in [6, 6.07) is -0.621. The van der Waals surface area contributed by atoms with Gasteiger partial charge < -0.3 is 19.6 Å². The number of likely N-dealkylation sites (tertiary alicyclic amines) is 1. The Morgan fingerprint density at radius 1 is 1.00 bits per heavy atom. The number of fused-ring (bicyclic) bond motifs is 2. The van der Waals surface area contributed by atoms with E-state index in [1.165, 1.54) is 0 Å². The molecule has 0 saturated carbocycles. The molecule has 7 nitrogen and oxygen atoms in total. The van der Waals surface area contributed by atoms with Gasteiger partial charge in [0.1, 0.15) is 6.04 Å². The zero-order chi connectivity index (χ0) is 25.8. The van der Waals surface area contributed by atoms with Crippen LogP contribution >= 0.6 is 11.8 Å². The maximum absolute atomic E-state index is 14.2. The van der Waals surface area contributed by atoms with E-state index in [1.54, 1.807) is 16.7 Å². The highest BCUT2D eigenvalue weighted by atomic mass is 32.2. The van der Waals surface area contributed by atoms with Gasteiger partial charge in [-0.3, -0.25) is 14.4 Å². The summed E-state index contributed by atoms with van der Waals surface area (Å²) in [5, 5.41) is 9.11. The lowest BCUT2D eigenvalue weighted by Crippen LogP contribution is -2.53. The summed E-state index contributed by atoms with van der Waals surface area (Å²) in [5.41, 5.74) is 0. The molecule has 0 aliphatic carbocycles. The summed E-state index contributed by atoms with van der Waals surface area (Å²) >= 11 is 1.62. The SMILES string of the molecule is CCCCN1CC=C[C@]23S[C@@]4(C)/C=C\CCCCOC(=O)[C@H]4[C@H]2C(=O)N(CCCCCCO)C3C1=O. The van der Waals surface area contributed by atoms with Crippen LogP contribution in [0.15, 0.2) is 24.3 Å². The van der Waals surface area contributed by atoms with Crippen molar-refractivity contribution in [3.63, 3.8) is 0 Å². The van der Waals surface area contributed by atoms with E-state index in [4.69, 9.17) is 9.84 Å². The highest BCUT2D eigenvalue weighted by Gasteiger charge is 2.73. The topological polar surface area (TPSA) is 87.2 Å². The number of unbranched alkanes of at least 4 members (excludes halogenated alkanes) is 4. The molecule has 4 rings (SSSR count). The molecule has 8 heteroatoms. The van der Waals surface area contributed by atoms with E-state index in [2.05, 4.69) is 25.2 Å². The number of hydrogen-bond acceptors (Lipinski definition) is 6. The standard InChI is InChI=1S/C28H42N2O5S/c1-3-4-16-29-17-13-15-28-21(22-26(34)35-20-12-8-5-9-14-27(22,2)36-28)24(32)30(23(28)25(29)33)18-10-6-7-11-19-31/h9,13-15,21-23,31H,3-8,10-12,16-20H2,1-2H3/b14-9-/t21-,22+,23?,27-,28-/m0/s1. The average molecular weight is 519 g/mol. The number of aliphatic hydroxyl groups is 1. The lowest BCUT2D eigenvalue weighted by atomic mass is 9.74. The Labute approximate surface area is 219 Å². The van der Waals surface area contributed by atoms with E-state index in [-0.39, 0.29) is 24.4 Å². The number of allylic oxidation sites excluding steroid dienone is 1. The summed E-state index contributed by atoms with van der Waals surface area (Å²) in [6.45, 7) is 6.38. The summed E-state index contributed by atoms with van der Waals surface area (Å²) in [7, 11) is 0. The summed E-state index contributed by atoms with van der Waals surface area (Å²) in [4.78, 5) is 45.5. The van der Waals surface area contributed by atoms with E-state index in [0.29, 0.717) is 26.2 Å². The third-order valence-corrected chi connectivity index (χ3v) is 9.97. The van der Waals surface area contributed by atoms with Gasteiger partial charge in [-0.05, 0) is 45.4 Å². The van der Waals surface area contributed by atoms with E-state index >= 15 is 0 Å². The quantitative estimate of drug-likeness (QED) is 0.285. The Bertz CT molecular complexity index is 891. The van der Waals surface area contributed by atoms with Crippen LogP contribution in [0.3, 0.4) is 0 Å². The minimum Gasteiger partial charge on any atom is -0.465 e. The number of aliphatic hydroxyl groups excluding tert-OH is 1. The summed E-state index contributed by atoms with van der Waals surface area (Å²) in [6.07, 6.45) is 16.2. The molecule has 0 bridgehead atoms. The smallest absolute Gasteiger partial charge is 0.311 e. The van der Waals surface area contributed by atoms with Crippen molar-refractivity contribution in [3.05, 3.63) is 24.3 Å². The number of cyclic esters (lactones) is 1. The fraction of sp³-hybridized carbons (Fsp3) is 0.750. The van der Waals surface area contributed by atoms with Gasteiger partial charge >= 0.3 is 5.97 Å². The van der Waals surface area contributed by atoms with Crippen LogP contribution in [-0.2, 0) is 19.1 Å². The monoisotopic (exact) mass is 518 g/mol. The van der Waals surface area contributed by atoms with Gasteiger partial charge in [-0.15, -0.1) is 11.8 Å². The van der Waals surface area contributed by atoms with Crippen molar-refractivity contribution in [1.82, 2.24) is 9.80 Å². The van der Waals surface area contributed by atoms with Gasteiger partial charge in [0.25, 0.3) is 0 Å². The maximum Gasteiger partial charge on any atom is 0.311 e. The number of carbonyl (C=O) groups excluding carboxylic acids is 3. The molecule has 0 aromatic rings. The van der Waals surface area contributed by atoms with E-state index < -0.39 is 27.4 Å². The van der Waals surface area contributed by atoms with Gasteiger partial charge in [-0.2, -0.15) is 0 Å². The fourth-order valence-corrected chi connectivity index (χ4v) is 8.53. The van der Waals surface area contributed by atoms with Crippen LogP contribution < -0.4 is 0 Å². The number of nitrogens with zero attached hydrogens (tertiary/aromatic N) is 2. The molecule has 0 aromatic heterocycles. The van der Waals surface area contributed by atoms with Gasteiger partial charge in [-0.1, -0.05) is 50.5 Å². The van der Waals surface area contributed by atoms with E-state index in [1.807, 2.05) is 17.9 Å². The Morgan fingerprint density at radius 3 is 2.58 bits per heavy atom. The molecule has 4 aliphatic heterocycles. The first-order valence-corrected chi connectivity index (χ1v) is 14.6. The molecule has 4 aliphatic rings. The predicted octanol–water partition coefficient (Wildman–Crippen LogP) is 3.71. The second kappa shape index (κ2) is 11.7. The number of esters is 1. The minimum atomic E-state index is -0.795. The van der Waals surface area contributed by atoms with Crippen LogP contribution in [0.2, 0.25) is 0 Å². The molecular weight excluding hydrogens is 476 g/mol. The third kappa shape index (κ3) is 5.00. The zero-order valence-electron chi connectivity index (χ0n) is 21.8. The number of amides is 2. The second-order valence-corrected chi connectivity index (χ2v) is 12.6. The molecule has 2 saturated heterocycles.